The van der Waals surface area contributed by atoms with Gasteiger partial charge in [-0.3, -0.25) is 4.90 Å². The Hall–Kier alpha value is -1.36. The van der Waals surface area contributed by atoms with Gasteiger partial charge in [-0.25, -0.2) is 4.98 Å². The van der Waals surface area contributed by atoms with Crippen molar-refractivity contribution in [3.8, 4) is 11.3 Å². The Morgan fingerprint density at radius 2 is 2.38 bits per heavy atom. The van der Waals surface area contributed by atoms with Gasteiger partial charge >= 0.3 is 0 Å². The fraction of sp³-hybridized carbons (Fsp3) is 0.438. The maximum Gasteiger partial charge on any atom is 0.209 e. The Labute approximate surface area is 130 Å². The number of likely N-dealkylation sites (N-methyl/N-ethyl adjacent to an activating group) is 1. The monoisotopic (exact) mass is 305 g/mol. The van der Waals surface area contributed by atoms with E-state index in [4.69, 9.17) is 16.0 Å². The van der Waals surface area contributed by atoms with Crippen LogP contribution in [-0.4, -0.2) is 35.6 Å². The van der Waals surface area contributed by atoms with Gasteiger partial charge < -0.3 is 9.73 Å². The van der Waals surface area contributed by atoms with Gasteiger partial charge in [-0.1, -0.05) is 30.7 Å². The van der Waals surface area contributed by atoms with Crippen molar-refractivity contribution in [3.05, 3.63) is 41.4 Å². The number of hydrogen-bond acceptors (Lipinski definition) is 4. The number of hydrogen-bond donors (Lipinski definition) is 1. The van der Waals surface area contributed by atoms with E-state index >= 15 is 0 Å². The van der Waals surface area contributed by atoms with Gasteiger partial charge in [-0.2, -0.15) is 0 Å². The summed E-state index contributed by atoms with van der Waals surface area (Å²) < 4.78 is 5.88. The first-order chi connectivity index (χ1) is 10.3. The maximum atomic E-state index is 6.02. The average Bonchev–Trinajstić information content (AvgIpc) is 3.16. The maximum absolute atomic E-state index is 6.02. The van der Waals surface area contributed by atoms with Crippen molar-refractivity contribution in [2.75, 3.05) is 19.6 Å². The Kier molecular flexibility index (Phi) is 4.58. The minimum absolute atomic E-state index is 0.580. The number of aromatic nitrogens is 1. The summed E-state index contributed by atoms with van der Waals surface area (Å²) in [5, 5.41) is 4.11. The molecule has 1 unspecified atom stereocenters. The van der Waals surface area contributed by atoms with Crippen LogP contribution in [0, 0.1) is 0 Å². The molecule has 1 aliphatic rings. The summed E-state index contributed by atoms with van der Waals surface area (Å²) in [6, 6.07) is 8.23. The van der Waals surface area contributed by atoms with Gasteiger partial charge in [0.1, 0.15) is 0 Å². The number of rotatable bonds is 5. The van der Waals surface area contributed by atoms with E-state index in [-0.39, 0.29) is 0 Å². The van der Waals surface area contributed by atoms with Crippen molar-refractivity contribution in [1.29, 1.82) is 0 Å². The third-order valence-corrected chi connectivity index (χ3v) is 4.19. The van der Waals surface area contributed by atoms with Crippen molar-refractivity contribution in [1.82, 2.24) is 15.2 Å². The molecule has 112 valence electrons. The highest BCUT2D eigenvalue weighted by Crippen LogP contribution is 2.24. The molecule has 5 heteroatoms. The number of benzene rings is 1. The lowest BCUT2D eigenvalue weighted by atomic mass is 10.2. The van der Waals surface area contributed by atoms with E-state index in [9.17, 15) is 0 Å². The molecule has 2 heterocycles. The highest BCUT2D eigenvalue weighted by molar-refractivity contribution is 6.30. The first kappa shape index (κ1) is 14.6. The molecule has 0 radical (unpaired) electrons. The summed E-state index contributed by atoms with van der Waals surface area (Å²) >= 11 is 6.02. The van der Waals surface area contributed by atoms with Crippen LogP contribution >= 0.6 is 11.6 Å². The predicted octanol–water partition coefficient (Wildman–Crippen LogP) is 3.18. The molecule has 1 aromatic heterocycles. The Morgan fingerprint density at radius 3 is 3.10 bits per heavy atom. The molecule has 0 amide bonds. The van der Waals surface area contributed by atoms with Gasteiger partial charge in [-0.05, 0) is 31.6 Å². The largest absolute Gasteiger partial charge is 0.439 e. The van der Waals surface area contributed by atoms with Crippen molar-refractivity contribution in [2.24, 2.45) is 0 Å². The Morgan fingerprint density at radius 1 is 1.48 bits per heavy atom. The van der Waals surface area contributed by atoms with E-state index in [2.05, 4.69) is 22.1 Å². The molecule has 1 aliphatic heterocycles. The van der Waals surface area contributed by atoms with Crippen LogP contribution in [0.5, 0.6) is 0 Å². The molecule has 1 fully saturated rings. The molecule has 1 saturated heterocycles. The van der Waals surface area contributed by atoms with Crippen LogP contribution in [-0.2, 0) is 6.54 Å². The standard InChI is InChI=1S/C16H20ClN3O/c1-2-20(14-6-7-18-9-14)11-16-19-10-15(21-16)12-4-3-5-13(17)8-12/h3-5,8,10,14,18H,2,6-7,9,11H2,1H3. The molecule has 0 aliphatic carbocycles. The summed E-state index contributed by atoms with van der Waals surface area (Å²) in [5.74, 6) is 1.53. The van der Waals surface area contributed by atoms with Crippen LogP contribution in [0.25, 0.3) is 11.3 Å². The molecule has 2 aromatic rings. The Balaban J connectivity index is 1.72. The second-order valence-corrected chi connectivity index (χ2v) is 5.77. The molecular weight excluding hydrogens is 286 g/mol. The second-order valence-electron chi connectivity index (χ2n) is 5.34. The van der Waals surface area contributed by atoms with Crippen molar-refractivity contribution < 1.29 is 4.42 Å². The van der Waals surface area contributed by atoms with Crippen LogP contribution in [0.2, 0.25) is 5.02 Å². The number of nitrogens with zero attached hydrogens (tertiary/aromatic N) is 2. The molecule has 0 bridgehead atoms. The highest BCUT2D eigenvalue weighted by atomic mass is 35.5. The van der Waals surface area contributed by atoms with E-state index in [0.717, 1.165) is 43.4 Å². The van der Waals surface area contributed by atoms with E-state index in [0.29, 0.717) is 11.1 Å². The zero-order chi connectivity index (χ0) is 14.7. The topological polar surface area (TPSA) is 41.3 Å². The average molecular weight is 306 g/mol. The quantitative estimate of drug-likeness (QED) is 0.921. The SMILES string of the molecule is CCN(Cc1ncc(-c2cccc(Cl)c2)o1)C1CCNC1. The molecule has 0 spiro atoms. The summed E-state index contributed by atoms with van der Waals surface area (Å²) in [7, 11) is 0. The first-order valence-corrected chi connectivity index (χ1v) is 7.79. The van der Waals surface area contributed by atoms with Crippen molar-refractivity contribution >= 4 is 11.6 Å². The lowest BCUT2D eigenvalue weighted by molar-refractivity contribution is 0.191. The summed E-state index contributed by atoms with van der Waals surface area (Å²) in [6.07, 6.45) is 2.97. The molecule has 21 heavy (non-hydrogen) atoms. The molecule has 1 N–H and O–H groups in total. The lowest BCUT2D eigenvalue weighted by Gasteiger charge is -2.25. The fourth-order valence-corrected chi connectivity index (χ4v) is 2.97. The van der Waals surface area contributed by atoms with Gasteiger partial charge in [0.25, 0.3) is 0 Å². The predicted molar refractivity (Wildman–Crippen MR) is 84.3 cm³/mol. The summed E-state index contributed by atoms with van der Waals surface area (Å²) in [4.78, 5) is 6.82. The minimum atomic E-state index is 0.580. The highest BCUT2D eigenvalue weighted by Gasteiger charge is 2.22. The van der Waals surface area contributed by atoms with E-state index in [1.165, 1.54) is 6.42 Å². The van der Waals surface area contributed by atoms with Gasteiger partial charge in [0.05, 0.1) is 12.7 Å². The molecular formula is C16H20ClN3O. The van der Waals surface area contributed by atoms with Gasteiger partial charge in [0.2, 0.25) is 5.89 Å². The number of nitrogens with one attached hydrogen (secondary N) is 1. The molecule has 0 saturated carbocycles. The summed E-state index contributed by atoms with van der Waals surface area (Å²) in [6.45, 7) is 6.08. The Bertz CT molecular complexity index is 593. The van der Waals surface area contributed by atoms with E-state index in [1.807, 2.05) is 24.3 Å². The van der Waals surface area contributed by atoms with Gasteiger partial charge in [0, 0.05) is 23.2 Å². The number of oxazole rings is 1. The fourth-order valence-electron chi connectivity index (χ4n) is 2.78. The zero-order valence-electron chi connectivity index (χ0n) is 12.2. The number of halogens is 1. The van der Waals surface area contributed by atoms with Crippen LogP contribution in [0.15, 0.2) is 34.9 Å². The first-order valence-electron chi connectivity index (χ1n) is 7.41. The normalized spacial score (nSPS) is 18.5. The minimum Gasteiger partial charge on any atom is -0.439 e. The van der Waals surface area contributed by atoms with E-state index in [1.54, 1.807) is 6.20 Å². The third-order valence-electron chi connectivity index (χ3n) is 3.96. The molecule has 1 atom stereocenters. The zero-order valence-corrected chi connectivity index (χ0v) is 12.9. The van der Waals surface area contributed by atoms with Gasteiger partial charge in [0.15, 0.2) is 5.76 Å². The lowest BCUT2D eigenvalue weighted by Crippen LogP contribution is -2.36. The van der Waals surface area contributed by atoms with Crippen LogP contribution < -0.4 is 5.32 Å². The molecule has 1 aromatic carbocycles. The van der Waals surface area contributed by atoms with Crippen LogP contribution in [0.1, 0.15) is 19.2 Å². The van der Waals surface area contributed by atoms with Crippen molar-refractivity contribution in [3.63, 3.8) is 0 Å². The van der Waals surface area contributed by atoms with Crippen molar-refractivity contribution in [2.45, 2.75) is 25.9 Å². The van der Waals surface area contributed by atoms with Crippen LogP contribution in [0.4, 0.5) is 0 Å². The third kappa shape index (κ3) is 3.46. The second kappa shape index (κ2) is 6.60. The molecule has 3 rings (SSSR count). The molecule has 4 nitrogen and oxygen atoms in total. The van der Waals surface area contributed by atoms with Gasteiger partial charge in [-0.15, -0.1) is 0 Å². The summed E-state index contributed by atoms with van der Waals surface area (Å²) in [5.41, 5.74) is 0.965. The van der Waals surface area contributed by atoms with E-state index < -0.39 is 0 Å². The smallest absolute Gasteiger partial charge is 0.209 e. The van der Waals surface area contributed by atoms with Crippen LogP contribution in [0.3, 0.4) is 0 Å².